The zero-order valence-corrected chi connectivity index (χ0v) is 14.4. The Balaban J connectivity index is 1.65. The predicted octanol–water partition coefficient (Wildman–Crippen LogP) is 5.96. The highest BCUT2D eigenvalue weighted by molar-refractivity contribution is 7.99. The lowest BCUT2D eigenvalue weighted by Crippen LogP contribution is -1.88. The predicted molar refractivity (Wildman–Crippen MR) is 103 cm³/mol. The number of rotatable bonds is 4. The maximum absolute atomic E-state index is 4.84. The van der Waals surface area contributed by atoms with Crippen molar-refractivity contribution in [2.75, 3.05) is 0 Å². The minimum atomic E-state index is 0.977. The minimum Gasteiger partial charge on any atom is -0.250 e. The lowest BCUT2D eigenvalue weighted by molar-refractivity contribution is 1.13. The topological polar surface area (TPSA) is 25.8 Å². The van der Waals surface area contributed by atoms with E-state index in [1.165, 1.54) is 0 Å². The number of hydrogen-bond acceptors (Lipinski definition) is 3. The Morgan fingerprint density at radius 1 is 0.600 bits per heavy atom. The summed E-state index contributed by atoms with van der Waals surface area (Å²) in [5.41, 5.74) is 4.20. The normalized spacial score (nSPS) is 10.6. The van der Waals surface area contributed by atoms with Gasteiger partial charge in [-0.15, -0.1) is 0 Å². The standard InChI is InChI=1S/C22H16N2S/c1-2-8-17(9-3-1)20-12-7-13-21(24-20)18-10-6-11-19(16-18)25-22-14-4-5-15-23-22/h1-16H. The molecule has 2 aromatic carbocycles. The fourth-order valence-electron chi connectivity index (χ4n) is 2.61. The largest absolute Gasteiger partial charge is 0.250 e. The molecule has 0 bridgehead atoms. The second kappa shape index (κ2) is 7.32. The quantitative estimate of drug-likeness (QED) is 0.458. The average Bonchev–Trinajstić information content (AvgIpc) is 2.70. The van der Waals surface area contributed by atoms with Crippen molar-refractivity contribution in [3.05, 3.63) is 97.2 Å². The van der Waals surface area contributed by atoms with E-state index in [1.807, 2.05) is 48.7 Å². The SMILES string of the molecule is c1ccc(-c2cccc(-c3cccc(Sc4ccccn4)c3)n2)cc1. The highest BCUT2D eigenvalue weighted by Crippen LogP contribution is 2.30. The number of pyridine rings is 2. The molecule has 120 valence electrons. The third-order valence-electron chi connectivity index (χ3n) is 3.81. The third kappa shape index (κ3) is 3.78. The molecule has 0 saturated carbocycles. The van der Waals surface area contributed by atoms with Crippen LogP contribution in [0.3, 0.4) is 0 Å². The first-order valence-electron chi connectivity index (χ1n) is 8.10. The van der Waals surface area contributed by atoms with Gasteiger partial charge in [0.15, 0.2) is 0 Å². The van der Waals surface area contributed by atoms with Crippen LogP contribution in [0.4, 0.5) is 0 Å². The molecule has 4 rings (SSSR count). The van der Waals surface area contributed by atoms with Crippen LogP contribution in [0.25, 0.3) is 22.5 Å². The molecule has 2 nitrogen and oxygen atoms in total. The van der Waals surface area contributed by atoms with Crippen molar-refractivity contribution in [1.82, 2.24) is 9.97 Å². The summed E-state index contributed by atoms with van der Waals surface area (Å²) < 4.78 is 0. The molecule has 0 aliphatic carbocycles. The van der Waals surface area contributed by atoms with Crippen molar-refractivity contribution in [3.63, 3.8) is 0 Å². The van der Waals surface area contributed by atoms with Crippen molar-refractivity contribution >= 4 is 11.8 Å². The van der Waals surface area contributed by atoms with E-state index in [1.54, 1.807) is 11.8 Å². The molecule has 0 N–H and O–H groups in total. The van der Waals surface area contributed by atoms with Gasteiger partial charge >= 0.3 is 0 Å². The van der Waals surface area contributed by atoms with Crippen LogP contribution in [-0.4, -0.2) is 9.97 Å². The Kier molecular flexibility index (Phi) is 4.57. The first kappa shape index (κ1) is 15.6. The number of benzene rings is 2. The molecule has 0 aliphatic heterocycles. The molecule has 3 heteroatoms. The smallest absolute Gasteiger partial charge is 0.101 e. The summed E-state index contributed by atoms with van der Waals surface area (Å²) in [5, 5.41) is 0.991. The second-order valence-corrected chi connectivity index (χ2v) is 6.67. The molecular weight excluding hydrogens is 324 g/mol. The fraction of sp³-hybridized carbons (Fsp3) is 0. The van der Waals surface area contributed by atoms with Crippen molar-refractivity contribution in [2.24, 2.45) is 0 Å². The molecule has 0 aliphatic rings. The number of nitrogens with zero attached hydrogens (tertiary/aromatic N) is 2. The summed E-state index contributed by atoms with van der Waals surface area (Å²) in [4.78, 5) is 10.4. The molecular formula is C22H16N2S. The van der Waals surface area contributed by atoms with Crippen molar-refractivity contribution in [3.8, 4) is 22.5 Å². The maximum atomic E-state index is 4.84. The minimum absolute atomic E-state index is 0.977. The lowest BCUT2D eigenvalue weighted by Gasteiger charge is -2.07. The summed E-state index contributed by atoms with van der Waals surface area (Å²) in [6.45, 7) is 0. The van der Waals surface area contributed by atoms with E-state index < -0.39 is 0 Å². The van der Waals surface area contributed by atoms with Crippen LogP contribution in [0.1, 0.15) is 0 Å². The molecule has 0 saturated heterocycles. The second-order valence-electron chi connectivity index (χ2n) is 5.57. The summed E-state index contributed by atoms with van der Waals surface area (Å²) >= 11 is 1.66. The molecule has 0 radical (unpaired) electrons. The Bertz CT molecular complexity index is 969. The zero-order chi connectivity index (χ0) is 16.9. The van der Waals surface area contributed by atoms with Crippen LogP contribution in [0.5, 0.6) is 0 Å². The van der Waals surface area contributed by atoms with Gasteiger partial charge in [0.2, 0.25) is 0 Å². The van der Waals surface area contributed by atoms with Gasteiger partial charge in [-0.2, -0.15) is 0 Å². The van der Waals surface area contributed by atoms with Crippen molar-refractivity contribution < 1.29 is 0 Å². The summed E-state index contributed by atoms with van der Waals surface area (Å²) in [5.74, 6) is 0. The van der Waals surface area contributed by atoms with Crippen LogP contribution < -0.4 is 0 Å². The van der Waals surface area contributed by atoms with E-state index in [-0.39, 0.29) is 0 Å². The van der Waals surface area contributed by atoms with E-state index in [0.717, 1.165) is 32.4 Å². The van der Waals surface area contributed by atoms with E-state index >= 15 is 0 Å². The number of aromatic nitrogens is 2. The summed E-state index contributed by atoms with van der Waals surface area (Å²) in [6, 6.07) is 30.8. The van der Waals surface area contributed by atoms with Gasteiger partial charge < -0.3 is 0 Å². The van der Waals surface area contributed by atoms with Gasteiger partial charge in [-0.1, -0.05) is 66.4 Å². The van der Waals surface area contributed by atoms with Crippen LogP contribution >= 0.6 is 11.8 Å². The molecule has 0 spiro atoms. The fourth-order valence-corrected chi connectivity index (χ4v) is 3.45. The van der Waals surface area contributed by atoms with E-state index in [4.69, 9.17) is 4.98 Å². The summed E-state index contributed by atoms with van der Waals surface area (Å²) in [6.07, 6.45) is 1.82. The van der Waals surface area contributed by atoms with Gasteiger partial charge in [-0.25, -0.2) is 9.97 Å². The van der Waals surface area contributed by atoms with Gasteiger partial charge in [0, 0.05) is 22.2 Å². The molecule has 0 unspecified atom stereocenters. The Labute approximate surface area is 151 Å². The van der Waals surface area contributed by atoms with Crippen LogP contribution in [0.15, 0.2) is 107 Å². The highest BCUT2D eigenvalue weighted by Gasteiger charge is 2.05. The van der Waals surface area contributed by atoms with Gasteiger partial charge in [0.1, 0.15) is 5.03 Å². The van der Waals surface area contributed by atoms with E-state index in [9.17, 15) is 0 Å². The lowest BCUT2D eigenvalue weighted by atomic mass is 10.1. The summed E-state index contributed by atoms with van der Waals surface area (Å²) in [7, 11) is 0. The van der Waals surface area contributed by atoms with Gasteiger partial charge in [0.05, 0.1) is 11.4 Å². The third-order valence-corrected chi connectivity index (χ3v) is 4.75. The Morgan fingerprint density at radius 3 is 2.12 bits per heavy atom. The van der Waals surface area contributed by atoms with Gasteiger partial charge in [-0.05, 0) is 36.4 Å². The average molecular weight is 340 g/mol. The molecule has 0 fully saturated rings. The molecule has 4 aromatic rings. The first-order valence-corrected chi connectivity index (χ1v) is 8.92. The maximum Gasteiger partial charge on any atom is 0.101 e. The first-order chi connectivity index (χ1) is 12.4. The molecule has 2 heterocycles. The molecule has 25 heavy (non-hydrogen) atoms. The van der Waals surface area contributed by atoms with E-state index in [0.29, 0.717) is 0 Å². The number of hydrogen-bond donors (Lipinski definition) is 0. The molecule has 2 aromatic heterocycles. The van der Waals surface area contributed by atoms with Crippen LogP contribution in [0.2, 0.25) is 0 Å². The van der Waals surface area contributed by atoms with Crippen molar-refractivity contribution in [2.45, 2.75) is 9.92 Å². The van der Waals surface area contributed by atoms with Crippen LogP contribution in [-0.2, 0) is 0 Å². The molecule has 0 amide bonds. The van der Waals surface area contributed by atoms with E-state index in [2.05, 4.69) is 53.5 Å². The Morgan fingerprint density at radius 2 is 1.32 bits per heavy atom. The Hall–Kier alpha value is -2.91. The molecule has 0 atom stereocenters. The monoisotopic (exact) mass is 340 g/mol. The van der Waals surface area contributed by atoms with Gasteiger partial charge in [-0.3, -0.25) is 0 Å². The van der Waals surface area contributed by atoms with Crippen molar-refractivity contribution in [1.29, 1.82) is 0 Å². The zero-order valence-electron chi connectivity index (χ0n) is 13.5. The van der Waals surface area contributed by atoms with Crippen LogP contribution in [0, 0.1) is 0 Å². The van der Waals surface area contributed by atoms with Gasteiger partial charge in [0.25, 0.3) is 0 Å². The highest BCUT2D eigenvalue weighted by atomic mass is 32.2.